The lowest BCUT2D eigenvalue weighted by molar-refractivity contribution is 0.564. The Morgan fingerprint density at radius 1 is 1.31 bits per heavy atom. The van der Waals surface area contributed by atoms with Crippen LogP contribution in [0.25, 0.3) is 0 Å². The second-order valence-electron chi connectivity index (χ2n) is 3.61. The van der Waals surface area contributed by atoms with E-state index < -0.39 is 0 Å². The highest BCUT2D eigenvalue weighted by Crippen LogP contribution is 2.18. The molecule has 0 spiro atoms. The van der Waals surface area contributed by atoms with Crippen molar-refractivity contribution in [2.45, 2.75) is 26.4 Å². The molecule has 0 aliphatic carbocycles. The minimum absolute atomic E-state index is 0.251. The Morgan fingerprint density at radius 2 is 2.19 bits per heavy atom. The Kier molecular flexibility index (Phi) is 3.58. The van der Waals surface area contributed by atoms with Gasteiger partial charge in [-0.1, -0.05) is 0 Å². The van der Waals surface area contributed by atoms with Gasteiger partial charge in [-0.3, -0.25) is 9.97 Å². The molecule has 2 heterocycles. The van der Waals surface area contributed by atoms with Gasteiger partial charge < -0.3 is 5.32 Å². The van der Waals surface area contributed by atoms with Crippen molar-refractivity contribution in [3.8, 4) is 0 Å². The molecule has 1 unspecified atom stereocenters. The van der Waals surface area contributed by atoms with Crippen LogP contribution in [-0.4, -0.2) is 15.0 Å². The van der Waals surface area contributed by atoms with Crippen LogP contribution < -0.4 is 5.32 Å². The van der Waals surface area contributed by atoms with Crippen LogP contribution in [0.4, 0.5) is 0 Å². The van der Waals surface area contributed by atoms with Crippen LogP contribution in [-0.2, 0) is 6.54 Å². The van der Waals surface area contributed by atoms with Crippen molar-refractivity contribution < 1.29 is 0 Å². The predicted molar refractivity (Wildman–Crippen MR) is 64.1 cm³/mol. The molecule has 0 aromatic carbocycles. The van der Waals surface area contributed by atoms with Crippen LogP contribution in [0, 0.1) is 6.92 Å². The summed E-state index contributed by atoms with van der Waals surface area (Å²) in [6, 6.07) is 0.251. The number of aromatic nitrogens is 3. The van der Waals surface area contributed by atoms with Crippen molar-refractivity contribution >= 4 is 11.3 Å². The van der Waals surface area contributed by atoms with E-state index in [1.807, 2.05) is 6.20 Å². The highest BCUT2D eigenvalue weighted by molar-refractivity contribution is 7.11. The van der Waals surface area contributed by atoms with E-state index in [4.69, 9.17) is 0 Å². The fraction of sp³-hybridized carbons (Fsp3) is 0.364. The Labute approximate surface area is 98.8 Å². The highest BCUT2D eigenvalue weighted by atomic mass is 32.1. The number of hydrogen-bond acceptors (Lipinski definition) is 5. The molecule has 0 amide bonds. The zero-order valence-corrected chi connectivity index (χ0v) is 10.2. The normalized spacial score (nSPS) is 12.6. The molecule has 0 aliphatic rings. The van der Waals surface area contributed by atoms with E-state index in [1.165, 1.54) is 4.88 Å². The summed E-state index contributed by atoms with van der Waals surface area (Å²) >= 11 is 1.72. The van der Waals surface area contributed by atoms with Gasteiger partial charge in [-0.25, -0.2) is 4.98 Å². The predicted octanol–water partition coefficient (Wildman–Crippen LogP) is 2.09. The van der Waals surface area contributed by atoms with E-state index in [1.54, 1.807) is 29.9 Å². The van der Waals surface area contributed by atoms with Crippen LogP contribution in [0.2, 0.25) is 0 Å². The standard InChI is InChI=1S/C11H14N4S/c1-8-5-15-11(16-8)9(2)14-7-10-6-12-3-4-13-10/h3-6,9,14H,7H2,1-2H3. The molecule has 2 aromatic rings. The van der Waals surface area contributed by atoms with Crippen LogP contribution >= 0.6 is 11.3 Å². The minimum atomic E-state index is 0.251. The summed E-state index contributed by atoms with van der Waals surface area (Å²) in [4.78, 5) is 13.8. The first kappa shape index (κ1) is 11.2. The summed E-state index contributed by atoms with van der Waals surface area (Å²) in [7, 11) is 0. The van der Waals surface area contributed by atoms with Gasteiger partial charge in [0.1, 0.15) is 5.01 Å². The molecule has 1 atom stereocenters. The van der Waals surface area contributed by atoms with Crippen LogP contribution in [0.5, 0.6) is 0 Å². The van der Waals surface area contributed by atoms with Crippen LogP contribution in [0.1, 0.15) is 28.5 Å². The van der Waals surface area contributed by atoms with Crippen molar-refractivity contribution in [3.05, 3.63) is 40.4 Å². The summed E-state index contributed by atoms with van der Waals surface area (Å²) in [6.45, 7) is 4.89. The second-order valence-corrected chi connectivity index (χ2v) is 4.87. The molecule has 0 aliphatic heterocycles. The maximum absolute atomic E-state index is 4.35. The highest BCUT2D eigenvalue weighted by Gasteiger charge is 2.08. The summed E-state index contributed by atoms with van der Waals surface area (Å²) in [5, 5.41) is 4.49. The Balaban J connectivity index is 1.91. The molecule has 4 nitrogen and oxygen atoms in total. The van der Waals surface area contributed by atoms with E-state index >= 15 is 0 Å². The minimum Gasteiger partial charge on any atom is -0.302 e. The maximum atomic E-state index is 4.35. The topological polar surface area (TPSA) is 50.7 Å². The number of thiazole rings is 1. The fourth-order valence-corrected chi connectivity index (χ4v) is 2.14. The summed E-state index contributed by atoms with van der Waals surface area (Å²) in [5.41, 5.74) is 0.947. The van der Waals surface area contributed by atoms with Gasteiger partial charge in [0.05, 0.1) is 11.7 Å². The average Bonchev–Trinajstić information content (AvgIpc) is 2.74. The number of nitrogens with zero attached hydrogens (tertiary/aromatic N) is 3. The lowest BCUT2D eigenvalue weighted by Gasteiger charge is -2.09. The largest absolute Gasteiger partial charge is 0.302 e. The van der Waals surface area contributed by atoms with Crippen molar-refractivity contribution in [2.24, 2.45) is 0 Å². The molecule has 84 valence electrons. The van der Waals surface area contributed by atoms with Crippen molar-refractivity contribution in [1.82, 2.24) is 20.3 Å². The van der Waals surface area contributed by atoms with Gasteiger partial charge in [0.25, 0.3) is 0 Å². The van der Waals surface area contributed by atoms with Gasteiger partial charge in [-0.2, -0.15) is 0 Å². The van der Waals surface area contributed by atoms with E-state index in [0.29, 0.717) is 6.54 Å². The molecule has 2 aromatic heterocycles. The molecule has 0 fully saturated rings. The zero-order chi connectivity index (χ0) is 11.4. The summed E-state index contributed by atoms with van der Waals surface area (Å²) in [5.74, 6) is 0. The van der Waals surface area contributed by atoms with Gasteiger partial charge >= 0.3 is 0 Å². The molecule has 0 radical (unpaired) electrons. The van der Waals surface area contributed by atoms with Gasteiger partial charge in [0.15, 0.2) is 0 Å². The summed E-state index contributed by atoms with van der Waals surface area (Å²) < 4.78 is 0. The third kappa shape index (κ3) is 2.84. The van der Waals surface area contributed by atoms with Gasteiger partial charge in [0.2, 0.25) is 0 Å². The molecule has 1 N–H and O–H groups in total. The number of hydrogen-bond donors (Lipinski definition) is 1. The third-order valence-electron chi connectivity index (χ3n) is 2.22. The van der Waals surface area contributed by atoms with Crippen molar-refractivity contribution in [1.29, 1.82) is 0 Å². The molecule has 0 saturated carbocycles. The number of rotatable bonds is 4. The first-order chi connectivity index (χ1) is 7.75. The lowest BCUT2D eigenvalue weighted by Crippen LogP contribution is -2.18. The van der Waals surface area contributed by atoms with Crippen LogP contribution in [0.3, 0.4) is 0 Å². The maximum Gasteiger partial charge on any atom is 0.109 e. The van der Waals surface area contributed by atoms with Gasteiger partial charge in [-0.05, 0) is 13.8 Å². The molecular weight excluding hydrogens is 220 g/mol. The first-order valence-corrected chi connectivity index (χ1v) is 5.98. The van der Waals surface area contributed by atoms with Gasteiger partial charge in [-0.15, -0.1) is 11.3 Å². The van der Waals surface area contributed by atoms with Crippen molar-refractivity contribution in [2.75, 3.05) is 0 Å². The molecule has 0 saturated heterocycles. The van der Waals surface area contributed by atoms with Crippen LogP contribution in [0.15, 0.2) is 24.8 Å². The Hall–Kier alpha value is -1.33. The SMILES string of the molecule is Cc1cnc(C(C)NCc2cnccn2)s1. The number of aryl methyl sites for hydroxylation is 1. The Morgan fingerprint density at radius 3 is 2.81 bits per heavy atom. The first-order valence-electron chi connectivity index (χ1n) is 5.16. The molecule has 16 heavy (non-hydrogen) atoms. The average molecular weight is 234 g/mol. The smallest absolute Gasteiger partial charge is 0.109 e. The molecule has 0 bridgehead atoms. The van der Waals surface area contributed by atoms with E-state index in [0.717, 1.165) is 10.7 Å². The van der Waals surface area contributed by atoms with Crippen molar-refractivity contribution in [3.63, 3.8) is 0 Å². The third-order valence-corrected chi connectivity index (χ3v) is 3.31. The molecular formula is C11H14N4S. The molecule has 2 rings (SSSR count). The zero-order valence-electron chi connectivity index (χ0n) is 9.34. The Bertz CT molecular complexity index is 440. The quantitative estimate of drug-likeness (QED) is 0.880. The lowest BCUT2D eigenvalue weighted by atomic mass is 10.3. The van der Waals surface area contributed by atoms with E-state index in [9.17, 15) is 0 Å². The van der Waals surface area contributed by atoms with E-state index in [2.05, 4.69) is 34.1 Å². The monoisotopic (exact) mass is 234 g/mol. The van der Waals surface area contributed by atoms with Gasteiger partial charge in [0, 0.05) is 36.2 Å². The second kappa shape index (κ2) is 5.14. The number of nitrogens with one attached hydrogen (secondary N) is 1. The fourth-order valence-electron chi connectivity index (χ4n) is 1.34. The summed E-state index contributed by atoms with van der Waals surface area (Å²) in [6.07, 6.45) is 7.06. The molecule has 5 heteroatoms. The van der Waals surface area contributed by atoms with E-state index in [-0.39, 0.29) is 6.04 Å².